The summed E-state index contributed by atoms with van der Waals surface area (Å²) in [6.07, 6.45) is -0.394. The fraction of sp³-hybridized carbons (Fsp3) is 0.625. The summed E-state index contributed by atoms with van der Waals surface area (Å²) in [4.78, 5) is 2.20. The van der Waals surface area contributed by atoms with Crippen LogP contribution in [0.25, 0.3) is 0 Å². The van der Waals surface area contributed by atoms with Gasteiger partial charge in [0.1, 0.15) is 0 Å². The molecule has 0 fully saturated rings. The summed E-state index contributed by atoms with van der Waals surface area (Å²) in [7, 11) is 2.07. The molecule has 1 rings (SSSR count). The Morgan fingerprint density at radius 2 is 1.56 bits per heavy atom. The molecule has 0 radical (unpaired) electrons. The largest absolute Gasteiger partial charge is 0.387 e. The van der Waals surface area contributed by atoms with Gasteiger partial charge >= 0.3 is 0 Å². The lowest BCUT2D eigenvalue weighted by molar-refractivity contribution is 0.120. The number of aliphatic hydroxyl groups is 1. The Kier molecular flexibility index (Phi) is 5.36. The molecule has 0 aliphatic rings. The van der Waals surface area contributed by atoms with Gasteiger partial charge < -0.3 is 10.0 Å². The van der Waals surface area contributed by atoms with Crippen LogP contribution in [0.5, 0.6) is 0 Å². The molecule has 102 valence electrons. The number of hydrogen-bond acceptors (Lipinski definition) is 2. The number of benzene rings is 1. The van der Waals surface area contributed by atoms with Gasteiger partial charge in [0.2, 0.25) is 0 Å². The van der Waals surface area contributed by atoms with Crippen LogP contribution in [0.4, 0.5) is 0 Å². The first-order chi connectivity index (χ1) is 8.31. The zero-order valence-corrected chi connectivity index (χ0v) is 12.6. The number of aliphatic hydroxyl groups excluding tert-OH is 1. The van der Waals surface area contributed by atoms with Crippen molar-refractivity contribution in [1.29, 1.82) is 0 Å². The Morgan fingerprint density at radius 3 is 2.00 bits per heavy atom. The number of nitrogens with zero attached hydrogens (tertiary/aromatic N) is 1. The first-order valence-corrected chi connectivity index (χ1v) is 6.75. The van der Waals surface area contributed by atoms with Crippen LogP contribution in [-0.2, 0) is 0 Å². The highest BCUT2D eigenvalue weighted by Crippen LogP contribution is 2.24. The highest BCUT2D eigenvalue weighted by molar-refractivity contribution is 5.39. The van der Waals surface area contributed by atoms with Gasteiger partial charge in [0, 0.05) is 13.1 Å². The lowest BCUT2D eigenvalue weighted by Crippen LogP contribution is -2.28. The van der Waals surface area contributed by atoms with Gasteiger partial charge in [-0.15, -0.1) is 0 Å². The molecule has 18 heavy (non-hydrogen) atoms. The maximum absolute atomic E-state index is 10.4. The van der Waals surface area contributed by atoms with Crippen molar-refractivity contribution >= 4 is 0 Å². The van der Waals surface area contributed by atoms with Crippen LogP contribution in [0, 0.1) is 26.7 Å². The zero-order valence-electron chi connectivity index (χ0n) is 12.6. The lowest BCUT2D eigenvalue weighted by Gasteiger charge is -2.24. The van der Waals surface area contributed by atoms with E-state index in [0.29, 0.717) is 12.5 Å². The van der Waals surface area contributed by atoms with Crippen molar-refractivity contribution in [2.45, 2.75) is 40.7 Å². The second-order valence-corrected chi connectivity index (χ2v) is 5.94. The molecule has 1 atom stereocenters. The zero-order chi connectivity index (χ0) is 13.9. The summed E-state index contributed by atoms with van der Waals surface area (Å²) < 4.78 is 0. The first-order valence-electron chi connectivity index (χ1n) is 6.75. The van der Waals surface area contributed by atoms with E-state index in [0.717, 1.165) is 12.1 Å². The van der Waals surface area contributed by atoms with Crippen LogP contribution in [-0.4, -0.2) is 30.1 Å². The number of aryl methyl sites for hydroxylation is 3. The quantitative estimate of drug-likeness (QED) is 0.866. The molecule has 1 N–H and O–H groups in total. The van der Waals surface area contributed by atoms with E-state index in [4.69, 9.17) is 0 Å². The van der Waals surface area contributed by atoms with Crippen LogP contribution in [0.1, 0.15) is 42.2 Å². The normalized spacial score (nSPS) is 13.4. The monoisotopic (exact) mass is 249 g/mol. The molecule has 1 unspecified atom stereocenters. The van der Waals surface area contributed by atoms with E-state index in [1.165, 1.54) is 16.7 Å². The summed E-state index contributed by atoms with van der Waals surface area (Å²) in [5.74, 6) is 0.627. The van der Waals surface area contributed by atoms with Gasteiger partial charge in [-0.05, 0) is 50.4 Å². The lowest BCUT2D eigenvalue weighted by atomic mass is 9.95. The summed E-state index contributed by atoms with van der Waals surface area (Å²) in [5, 5.41) is 10.4. The van der Waals surface area contributed by atoms with Crippen LogP contribution >= 0.6 is 0 Å². The van der Waals surface area contributed by atoms with Crippen molar-refractivity contribution in [2.24, 2.45) is 5.92 Å². The Morgan fingerprint density at radius 1 is 1.06 bits per heavy atom. The summed E-state index contributed by atoms with van der Waals surface area (Å²) in [5.41, 5.74) is 4.74. The molecule has 0 saturated carbocycles. The van der Waals surface area contributed by atoms with Crippen LogP contribution in [0.2, 0.25) is 0 Å². The number of rotatable bonds is 5. The molecular weight excluding hydrogens is 222 g/mol. The van der Waals surface area contributed by atoms with E-state index in [2.05, 4.69) is 58.7 Å². The Bertz CT molecular complexity index is 375. The Hall–Kier alpha value is -0.860. The molecule has 2 nitrogen and oxygen atoms in total. The third-order valence-electron chi connectivity index (χ3n) is 3.23. The third-order valence-corrected chi connectivity index (χ3v) is 3.23. The Balaban J connectivity index is 2.81. The van der Waals surface area contributed by atoms with Crippen LogP contribution in [0.3, 0.4) is 0 Å². The van der Waals surface area contributed by atoms with E-state index in [9.17, 15) is 5.11 Å². The van der Waals surface area contributed by atoms with Crippen molar-refractivity contribution in [2.75, 3.05) is 20.1 Å². The topological polar surface area (TPSA) is 23.5 Å². The molecule has 0 heterocycles. The number of hydrogen-bond donors (Lipinski definition) is 1. The van der Waals surface area contributed by atoms with Gasteiger partial charge in [-0.25, -0.2) is 0 Å². The molecule has 0 saturated heterocycles. The van der Waals surface area contributed by atoms with Crippen LogP contribution in [0.15, 0.2) is 12.1 Å². The van der Waals surface area contributed by atoms with E-state index in [1.54, 1.807) is 0 Å². The molecule has 0 aliphatic carbocycles. The highest BCUT2D eigenvalue weighted by atomic mass is 16.3. The maximum Gasteiger partial charge on any atom is 0.0921 e. The molecule has 2 heteroatoms. The molecule has 1 aromatic rings. The molecule has 0 spiro atoms. The van der Waals surface area contributed by atoms with E-state index >= 15 is 0 Å². The smallest absolute Gasteiger partial charge is 0.0921 e. The van der Waals surface area contributed by atoms with Gasteiger partial charge in [-0.2, -0.15) is 0 Å². The third kappa shape index (κ3) is 4.11. The fourth-order valence-corrected chi connectivity index (χ4v) is 2.80. The van der Waals surface area contributed by atoms with E-state index in [1.807, 2.05) is 0 Å². The average molecular weight is 249 g/mol. The fourth-order valence-electron chi connectivity index (χ4n) is 2.80. The van der Waals surface area contributed by atoms with Crippen LogP contribution < -0.4 is 0 Å². The van der Waals surface area contributed by atoms with E-state index < -0.39 is 6.10 Å². The predicted molar refractivity (Wildman–Crippen MR) is 77.9 cm³/mol. The summed E-state index contributed by atoms with van der Waals surface area (Å²) >= 11 is 0. The summed E-state index contributed by atoms with van der Waals surface area (Å²) in [6.45, 7) is 12.4. The predicted octanol–water partition coefficient (Wildman–Crippen LogP) is 3.23. The van der Waals surface area contributed by atoms with Crippen molar-refractivity contribution in [3.8, 4) is 0 Å². The highest BCUT2D eigenvalue weighted by Gasteiger charge is 2.16. The van der Waals surface area contributed by atoms with E-state index in [-0.39, 0.29) is 0 Å². The van der Waals surface area contributed by atoms with Gasteiger partial charge in [0.25, 0.3) is 0 Å². The number of likely N-dealkylation sites (N-methyl/N-ethyl adjacent to an activating group) is 1. The molecule has 0 amide bonds. The second kappa shape index (κ2) is 6.35. The van der Waals surface area contributed by atoms with Crippen molar-refractivity contribution in [1.82, 2.24) is 4.90 Å². The molecule has 0 aromatic heterocycles. The average Bonchev–Trinajstić information content (AvgIpc) is 2.12. The molecular formula is C16H27NO. The minimum absolute atomic E-state index is 0.394. The minimum atomic E-state index is -0.394. The van der Waals surface area contributed by atoms with Crippen molar-refractivity contribution < 1.29 is 5.11 Å². The SMILES string of the molecule is Cc1cc(C)c(C(O)CN(C)CC(C)C)c(C)c1. The van der Waals surface area contributed by atoms with Gasteiger partial charge in [-0.1, -0.05) is 31.5 Å². The van der Waals surface area contributed by atoms with Crippen molar-refractivity contribution in [3.05, 3.63) is 34.4 Å². The molecule has 0 aliphatic heterocycles. The minimum Gasteiger partial charge on any atom is -0.387 e. The maximum atomic E-state index is 10.4. The standard InChI is InChI=1S/C16H27NO/c1-11(2)9-17(6)10-15(18)16-13(4)7-12(3)8-14(16)5/h7-8,11,15,18H,9-10H2,1-6H3. The second-order valence-electron chi connectivity index (χ2n) is 5.94. The summed E-state index contributed by atoms with van der Waals surface area (Å²) in [6, 6.07) is 4.29. The molecule has 0 bridgehead atoms. The van der Waals surface area contributed by atoms with Gasteiger partial charge in [0.15, 0.2) is 0 Å². The van der Waals surface area contributed by atoms with Crippen molar-refractivity contribution in [3.63, 3.8) is 0 Å². The van der Waals surface area contributed by atoms with Gasteiger partial charge in [-0.3, -0.25) is 0 Å². The first kappa shape index (κ1) is 15.2. The Labute approximate surface area is 112 Å². The van der Waals surface area contributed by atoms with Gasteiger partial charge in [0.05, 0.1) is 6.10 Å². The molecule has 1 aromatic carbocycles.